The smallest absolute Gasteiger partial charge is 0.0625 e. The number of anilines is 3. The lowest BCUT2D eigenvalue weighted by Crippen LogP contribution is -2.11. The van der Waals surface area contributed by atoms with Gasteiger partial charge in [0.15, 0.2) is 0 Å². The number of allylic oxidation sites excluding steroid dienone is 4. The molecule has 1 heterocycles. The van der Waals surface area contributed by atoms with E-state index in [9.17, 15) is 0 Å². The Morgan fingerprint density at radius 1 is 0.379 bits per heavy atom. The number of para-hydroxylation sites is 2. The lowest BCUT2D eigenvalue weighted by Gasteiger charge is -2.28. The molecule has 0 aliphatic heterocycles. The van der Waals surface area contributed by atoms with Gasteiger partial charge >= 0.3 is 0 Å². The van der Waals surface area contributed by atoms with Crippen LogP contribution in [0.1, 0.15) is 18.4 Å². The summed E-state index contributed by atoms with van der Waals surface area (Å²) in [7, 11) is 0. The molecule has 12 rings (SSSR count). The van der Waals surface area contributed by atoms with Crippen LogP contribution in [0.3, 0.4) is 0 Å². The van der Waals surface area contributed by atoms with E-state index in [2.05, 4.69) is 264 Å². The van der Waals surface area contributed by atoms with Crippen molar-refractivity contribution < 1.29 is 0 Å². The molecule has 2 heteroatoms. The van der Waals surface area contributed by atoms with Gasteiger partial charge in [-0.1, -0.05) is 182 Å². The van der Waals surface area contributed by atoms with Crippen molar-refractivity contribution in [2.75, 3.05) is 4.90 Å². The first-order chi connectivity index (χ1) is 32.7. The van der Waals surface area contributed by atoms with Crippen LogP contribution in [-0.2, 0) is 0 Å². The highest BCUT2D eigenvalue weighted by Crippen LogP contribution is 2.46. The first-order valence-electron chi connectivity index (χ1n) is 23.0. The van der Waals surface area contributed by atoms with Gasteiger partial charge in [0.05, 0.1) is 11.0 Å². The molecule has 2 nitrogen and oxygen atoms in total. The van der Waals surface area contributed by atoms with Gasteiger partial charge in [0.1, 0.15) is 0 Å². The topological polar surface area (TPSA) is 8.17 Å². The summed E-state index contributed by atoms with van der Waals surface area (Å²) in [6.07, 6.45) is 8.81. The van der Waals surface area contributed by atoms with E-state index in [4.69, 9.17) is 0 Å². The number of aromatic nitrogens is 1. The van der Waals surface area contributed by atoms with E-state index in [0.717, 1.165) is 41.2 Å². The summed E-state index contributed by atoms with van der Waals surface area (Å²) in [6, 6.07) is 86.7. The van der Waals surface area contributed by atoms with E-state index in [1.807, 2.05) is 0 Å². The van der Waals surface area contributed by atoms with Crippen LogP contribution >= 0.6 is 0 Å². The summed E-state index contributed by atoms with van der Waals surface area (Å²) >= 11 is 0. The van der Waals surface area contributed by atoms with Gasteiger partial charge in [0.2, 0.25) is 0 Å². The Bertz CT molecular complexity index is 3620. The molecule has 0 unspecified atom stereocenters. The Balaban J connectivity index is 1.07. The molecular formula is C64H46N2. The lowest BCUT2D eigenvalue weighted by molar-refractivity contribution is 1.05. The Kier molecular flexibility index (Phi) is 10.0. The molecule has 10 aromatic carbocycles. The number of hydrogen-bond donors (Lipinski definition) is 0. The van der Waals surface area contributed by atoms with Crippen molar-refractivity contribution in [3.8, 4) is 50.2 Å². The normalized spacial score (nSPS) is 12.5. The van der Waals surface area contributed by atoms with E-state index < -0.39 is 0 Å². The molecule has 0 spiro atoms. The predicted molar refractivity (Wildman–Crippen MR) is 281 cm³/mol. The van der Waals surface area contributed by atoms with Crippen LogP contribution in [0.5, 0.6) is 0 Å². The van der Waals surface area contributed by atoms with Crippen LogP contribution in [-0.4, -0.2) is 4.57 Å². The molecule has 0 saturated heterocycles. The molecule has 312 valence electrons. The van der Waals surface area contributed by atoms with Gasteiger partial charge in [-0.05, 0) is 147 Å². The van der Waals surface area contributed by atoms with Crippen molar-refractivity contribution in [3.05, 3.63) is 260 Å². The van der Waals surface area contributed by atoms with E-state index >= 15 is 0 Å². The molecule has 0 radical (unpaired) electrons. The fourth-order valence-electron chi connectivity index (χ4n) is 10.0. The minimum atomic E-state index is 1.01. The molecule has 66 heavy (non-hydrogen) atoms. The molecule has 0 saturated carbocycles. The summed E-state index contributed by atoms with van der Waals surface area (Å²) in [5.41, 5.74) is 19.0. The zero-order valence-corrected chi connectivity index (χ0v) is 36.6. The van der Waals surface area contributed by atoms with Gasteiger partial charge in [0.25, 0.3) is 0 Å². The Morgan fingerprint density at radius 3 is 1.70 bits per heavy atom. The number of nitrogens with zero attached hydrogens (tertiary/aromatic N) is 2. The molecular weight excluding hydrogens is 797 g/mol. The summed E-state index contributed by atoms with van der Waals surface area (Å²) < 4.78 is 2.45. The lowest BCUT2D eigenvalue weighted by atomic mass is 9.92. The molecule has 0 amide bonds. The van der Waals surface area contributed by atoms with Crippen molar-refractivity contribution in [2.45, 2.75) is 12.8 Å². The first kappa shape index (κ1) is 39.2. The first-order valence-corrected chi connectivity index (χ1v) is 23.0. The molecule has 1 aliphatic rings. The van der Waals surface area contributed by atoms with Crippen LogP contribution in [0, 0.1) is 0 Å². The molecule has 0 atom stereocenters. The average molecular weight is 843 g/mol. The van der Waals surface area contributed by atoms with Crippen molar-refractivity contribution in [2.24, 2.45) is 0 Å². The van der Waals surface area contributed by atoms with Crippen LogP contribution in [0.4, 0.5) is 17.1 Å². The molecule has 0 N–H and O–H groups in total. The second kappa shape index (κ2) is 16.9. The summed E-state index contributed by atoms with van der Waals surface area (Å²) in [6.45, 7) is 0. The molecule has 1 aromatic heterocycles. The van der Waals surface area contributed by atoms with Gasteiger partial charge in [0, 0.05) is 38.9 Å². The van der Waals surface area contributed by atoms with Gasteiger partial charge in [-0.2, -0.15) is 0 Å². The van der Waals surface area contributed by atoms with Crippen molar-refractivity contribution >= 4 is 55.2 Å². The quantitative estimate of drug-likeness (QED) is 0.141. The average Bonchev–Trinajstić information content (AvgIpc) is 3.75. The highest BCUT2D eigenvalue weighted by atomic mass is 15.1. The number of rotatable bonds is 9. The summed E-state index contributed by atoms with van der Waals surface area (Å²) in [5, 5.41) is 4.94. The molecule has 0 bridgehead atoms. The minimum Gasteiger partial charge on any atom is -0.310 e. The van der Waals surface area contributed by atoms with Crippen LogP contribution in [0.25, 0.3) is 88.3 Å². The van der Waals surface area contributed by atoms with Crippen molar-refractivity contribution in [1.82, 2.24) is 4.57 Å². The van der Waals surface area contributed by atoms with Crippen molar-refractivity contribution in [1.29, 1.82) is 0 Å². The zero-order valence-electron chi connectivity index (χ0n) is 36.6. The predicted octanol–water partition coefficient (Wildman–Crippen LogP) is 17.8. The van der Waals surface area contributed by atoms with Crippen LogP contribution < -0.4 is 4.90 Å². The fraction of sp³-hybridized carbons (Fsp3) is 0.0312. The fourth-order valence-corrected chi connectivity index (χ4v) is 10.0. The third-order valence-corrected chi connectivity index (χ3v) is 13.2. The largest absolute Gasteiger partial charge is 0.310 e. The zero-order chi connectivity index (χ0) is 43.8. The third-order valence-electron chi connectivity index (χ3n) is 13.2. The second-order valence-corrected chi connectivity index (χ2v) is 17.2. The molecule has 0 fully saturated rings. The Morgan fingerprint density at radius 2 is 0.955 bits per heavy atom. The number of hydrogen-bond acceptors (Lipinski definition) is 1. The number of fused-ring (bicyclic) bond motifs is 5. The van der Waals surface area contributed by atoms with Gasteiger partial charge < -0.3 is 9.47 Å². The molecule has 1 aliphatic carbocycles. The van der Waals surface area contributed by atoms with Crippen LogP contribution in [0.2, 0.25) is 0 Å². The maximum atomic E-state index is 2.45. The van der Waals surface area contributed by atoms with E-state index in [-0.39, 0.29) is 0 Å². The number of benzene rings is 10. The molecule has 11 aromatic rings. The summed E-state index contributed by atoms with van der Waals surface area (Å²) in [4.78, 5) is 2.45. The minimum absolute atomic E-state index is 1.01. The highest BCUT2D eigenvalue weighted by Gasteiger charge is 2.22. The van der Waals surface area contributed by atoms with E-state index in [1.165, 1.54) is 82.7 Å². The summed E-state index contributed by atoms with van der Waals surface area (Å²) in [5.74, 6) is 0. The van der Waals surface area contributed by atoms with Crippen LogP contribution in [0.15, 0.2) is 255 Å². The maximum absolute atomic E-state index is 2.45. The van der Waals surface area contributed by atoms with E-state index in [1.54, 1.807) is 0 Å². The monoisotopic (exact) mass is 842 g/mol. The Labute approximate surface area is 386 Å². The second-order valence-electron chi connectivity index (χ2n) is 17.2. The van der Waals surface area contributed by atoms with Gasteiger partial charge in [-0.3, -0.25) is 0 Å². The van der Waals surface area contributed by atoms with E-state index in [0.29, 0.717) is 0 Å². The highest BCUT2D eigenvalue weighted by molar-refractivity contribution is 6.24. The third kappa shape index (κ3) is 7.19. The maximum Gasteiger partial charge on any atom is 0.0625 e. The van der Waals surface area contributed by atoms with Crippen molar-refractivity contribution in [3.63, 3.8) is 0 Å². The Hall–Kier alpha value is -8.46. The van der Waals surface area contributed by atoms with Gasteiger partial charge in [-0.25, -0.2) is 0 Å². The van der Waals surface area contributed by atoms with Gasteiger partial charge in [-0.15, -0.1) is 0 Å². The SMILES string of the molecule is C1=CCCC(c2cc(-c3ccccc3)cc(N(c3ccc(-c4cccc(-c5ccccc5)c4)cc3)c3cccc(-c4cc5ccccc5c5c4c4ccccc4n5-c4ccccc4)c3)c2)=C1. The standard InChI is InChI=1S/C64H46N2/c1-5-19-45(20-6-1)49-26-17-27-50(39-49)48-35-37-56(38-36-48)65(58-42-53(46-21-7-2-8-22-46)40-54(43-58)47-23-9-3-10-24-47)57-31-18-28-51(41-57)61-44-52-25-13-14-32-59(52)64-63(61)60-33-15-16-34-62(60)66(64)55-29-11-4-12-30-55/h1-9,11-23,25-44H,10,24H2.